The van der Waals surface area contributed by atoms with Gasteiger partial charge in [0.15, 0.2) is 0 Å². The van der Waals surface area contributed by atoms with Crippen LogP contribution in [0, 0.1) is 0 Å². The van der Waals surface area contributed by atoms with E-state index in [1.807, 2.05) is 0 Å². The van der Waals surface area contributed by atoms with Crippen LogP contribution in [-0.2, 0) is 4.74 Å². The Morgan fingerprint density at radius 1 is 0.812 bits per heavy atom. The number of aliphatic hydroxyl groups is 1. The van der Waals surface area contributed by atoms with Gasteiger partial charge in [0.1, 0.15) is 0 Å². The Morgan fingerprint density at radius 2 is 1.31 bits per heavy atom. The average Bonchev–Trinajstić information content (AvgIpc) is 2.23. The first-order chi connectivity index (χ1) is 7.93. The largest absolute Gasteiger partial charge is 0.396 e. The van der Waals surface area contributed by atoms with Crippen LogP contribution < -0.4 is 0 Å². The van der Waals surface area contributed by atoms with E-state index in [0.29, 0.717) is 12.7 Å². The van der Waals surface area contributed by atoms with Gasteiger partial charge in [-0.15, -0.1) is 0 Å². The van der Waals surface area contributed by atoms with Crippen LogP contribution >= 0.6 is 0 Å². The lowest BCUT2D eigenvalue weighted by Crippen LogP contribution is -2.26. The number of aliphatic hydroxyl groups excluding tert-OH is 1. The summed E-state index contributed by atoms with van der Waals surface area (Å²) < 4.78 is 5.39. The highest BCUT2D eigenvalue weighted by Gasteiger charge is 2.16. The molecule has 1 rings (SSSR count). The Kier molecular flexibility index (Phi) is 8.83. The molecule has 1 saturated heterocycles. The molecule has 16 heavy (non-hydrogen) atoms. The van der Waals surface area contributed by atoms with Crippen LogP contribution in [-0.4, -0.2) is 24.4 Å². The average molecular weight is 228 g/mol. The van der Waals surface area contributed by atoms with Crippen molar-refractivity contribution >= 4 is 0 Å². The second-order valence-electron chi connectivity index (χ2n) is 4.98. The molecule has 0 saturated carbocycles. The maximum Gasteiger partial charge on any atom is 0.0597 e. The van der Waals surface area contributed by atoms with Crippen molar-refractivity contribution in [3.05, 3.63) is 0 Å². The van der Waals surface area contributed by atoms with Crippen molar-refractivity contribution in [2.45, 2.75) is 76.7 Å². The minimum Gasteiger partial charge on any atom is -0.396 e. The summed E-state index contributed by atoms with van der Waals surface area (Å²) in [5.41, 5.74) is 0. The van der Waals surface area contributed by atoms with Gasteiger partial charge in [-0.2, -0.15) is 0 Å². The van der Waals surface area contributed by atoms with Crippen LogP contribution in [0.1, 0.15) is 70.6 Å². The van der Waals surface area contributed by atoms with Gasteiger partial charge in [0.25, 0.3) is 0 Å². The lowest BCUT2D eigenvalue weighted by molar-refractivity contribution is -0.0555. The number of hydrogen-bond acceptors (Lipinski definition) is 2. The van der Waals surface area contributed by atoms with E-state index in [4.69, 9.17) is 9.84 Å². The van der Waals surface area contributed by atoms with Gasteiger partial charge in [0.05, 0.1) is 6.10 Å². The highest BCUT2D eigenvalue weighted by molar-refractivity contribution is 4.65. The molecular formula is C14H28O2. The van der Waals surface area contributed by atoms with Crippen molar-refractivity contribution in [3.63, 3.8) is 0 Å². The van der Waals surface area contributed by atoms with Crippen LogP contribution in [0.4, 0.5) is 0 Å². The van der Waals surface area contributed by atoms with Gasteiger partial charge in [0.2, 0.25) is 0 Å². The Balaban J connectivity index is 1.65. The van der Waals surface area contributed by atoms with Gasteiger partial charge in [-0.05, 0) is 19.3 Å². The third-order valence-electron chi connectivity index (χ3n) is 3.48. The Morgan fingerprint density at radius 3 is 1.75 bits per heavy atom. The van der Waals surface area contributed by atoms with E-state index in [1.165, 1.54) is 64.2 Å². The second kappa shape index (κ2) is 10.1. The summed E-state index contributed by atoms with van der Waals surface area (Å²) in [6, 6.07) is 0. The topological polar surface area (TPSA) is 29.5 Å². The number of rotatable bonds is 11. The van der Waals surface area contributed by atoms with Crippen molar-refractivity contribution in [2.75, 3.05) is 13.2 Å². The van der Waals surface area contributed by atoms with E-state index in [-0.39, 0.29) is 0 Å². The first-order valence-corrected chi connectivity index (χ1v) is 7.16. The molecule has 0 bridgehead atoms. The minimum atomic E-state index is 0.364. The van der Waals surface area contributed by atoms with Crippen molar-refractivity contribution in [1.82, 2.24) is 0 Å². The zero-order chi connectivity index (χ0) is 11.5. The molecule has 1 N–H and O–H groups in total. The molecule has 1 atom stereocenters. The molecule has 1 aliphatic heterocycles. The Bertz CT molecular complexity index is 144. The zero-order valence-electron chi connectivity index (χ0n) is 10.6. The van der Waals surface area contributed by atoms with Gasteiger partial charge in [-0.1, -0.05) is 51.4 Å². The van der Waals surface area contributed by atoms with E-state index < -0.39 is 0 Å². The molecular weight excluding hydrogens is 200 g/mol. The van der Waals surface area contributed by atoms with Crippen LogP contribution in [0.5, 0.6) is 0 Å². The SMILES string of the molecule is OCCCCCCCCCCCC1CCO1. The first-order valence-electron chi connectivity index (χ1n) is 7.16. The summed E-state index contributed by atoms with van der Waals surface area (Å²) in [4.78, 5) is 0. The standard InChI is InChI=1S/C14H28O2/c15-12-9-7-5-3-1-2-4-6-8-10-14-11-13-16-14/h14-15H,1-13H2. The molecule has 1 heterocycles. The van der Waals surface area contributed by atoms with Gasteiger partial charge in [0, 0.05) is 13.2 Å². The molecule has 1 aliphatic rings. The van der Waals surface area contributed by atoms with E-state index in [9.17, 15) is 0 Å². The van der Waals surface area contributed by atoms with E-state index in [0.717, 1.165) is 13.0 Å². The minimum absolute atomic E-state index is 0.364. The molecule has 1 fully saturated rings. The van der Waals surface area contributed by atoms with E-state index in [2.05, 4.69) is 0 Å². The van der Waals surface area contributed by atoms with Crippen LogP contribution in [0.25, 0.3) is 0 Å². The van der Waals surface area contributed by atoms with Crippen molar-refractivity contribution in [1.29, 1.82) is 0 Å². The van der Waals surface area contributed by atoms with Gasteiger partial charge >= 0.3 is 0 Å². The van der Waals surface area contributed by atoms with Crippen molar-refractivity contribution in [3.8, 4) is 0 Å². The third kappa shape index (κ3) is 7.24. The zero-order valence-corrected chi connectivity index (χ0v) is 10.6. The van der Waals surface area contributed by atoms with Gasteiger partial charge < -0.3 is 9.84 Å². The van der Waals surface area contributed by atoms with E-state index >= 15 is 0 Å². The number of unbranched alkanes of at least 4 members (excludes halogenated alkanes) is 8. The summed E-state index contributed by atoms with van der Waals surface area (Å²) >= 11 is 0. The molecule has 0 aromatic rings. The van der Waals surface area contributed by atoms with E-state index in [1.54, 1.807) is 0 Å². The van der Waals surface area contributed by atoms with Gasteiger partial charge in [-0.25, -0.2) is 0 Å². The second-order valence-corrected chi connectivity index (χ2v) is 4.98. The molecule has 0 aromatic carbocycles. The van der Waals surface area contributed by atoms with Crippen LogP contribution in [0.3, 0.4) is 0 Å². The summed E-state index contributed by atoms with van der Waals surface area (Å²) in [6.45, 7) is 1.36. The molecule has 2 heteroatoms. The lowest BCUT2D eigenvalue weighted by atomic mass is 10.0. The van der Waals surface area contributed by atoms with Crippen LogP contribution in [0.2, 0.25) is 0 Å². The molecule has 96 valence electrons. The predicted molar refractivity (Wildman–Crippen MR) is 67.6 cm³/mol. The lowest BCUT2D eigenvalue weighted by Gasteiger charge is -2.26. The highest BCUT2D eigenvalue weighted by atomic mass is 16.5. The highest BCUT2D eigenvalue weighted by Crippen LogP contribution is 2.18. The summed E-state index contributed by atoms with van der Waals surface area (Å²) in [6.07, 6.45) is 15.0. The summed E-state index contributed by atoms with van der Waals surface area (Å²) in [5.74, 6) is 0. The molecule has 0 aromatic heterocycles. The van der Waals surface area contributed by atoms with Crippen molar-refractivity contribution < 1.29 is 9.84 Å². The molecule has 1 unspecified atom stereocenters. The molecule has 0 aliphatic carbocycles. The maximum atomic E-state index is 8.63. The van der Waals surface area contributed by atoms with Crippen LogP contribution in [0.15, 0.2) is 0 Å². The van der Waals surface area contributed by atoms with Gasteiger partial charge in [-0.3, -0.25) is 0 Å². The molecule has 0 spiro atoms. The number of hydrogen-bond donors (Lipinski definition) is 1. The smallest absolute Gasteiger partial charge is 0.0597 e. The Hall–Kier alpha value is -0.0800. The summed E-state index contributed by atoms with van der Waals surface area (Å²) in [5, 5.41) is 8.63. The molecule has 0 amide bonds. The Labute approximate surface area is 100 Å². The normalized spacial score (nSPS) is 19.7. The summed E-state index contributed by atoms with van der Waals surface area (Å²) in [7, 11) is 0. The first kappa shape index (κ1) is 14.0. The fraction of sp³-hybridized carbons (Fsp3) is 1.00. The maximum absolute atomic E-state index is 8.63. The predicted octanol–water partition coefficient (Wildman–Crippen LogP) is 3.67. The fourth-order valence-corrected chi connectivity index (χ4v) is 2.23. The quantitative estimate of drug-likeness (QED) is 0.547. The third-order valence-corrected chi connectivity index (χ3v) is 3.48. The molecule has 2 nitrogen and oxygen atoms in total. The fourth-order valence-electron chi connectivity index (χ4n) is 2.23. The number of ether oxygens (including phenoxy) is 1. The van der Waals surface area contributed by atoms with Crippen molar-refractivity contribution in [2.24, 2.45) is 0 Å². The monoisotopic (exact) mass is 228 g/mol. The molecule has 0 radical (unpaired) electrons.